The van der Waals surface area contributed by atoms with E-state index in [2.05, 4.69) is 10.4 Å². The van der Waals surface area contributed by atoms with Crippen molar-refractivity contribution < 1.29 is 32.9 Å². The molecule has 1 aliphatic heterocycles. The molecule has 2 aromatic rings. The Morgan fingerprint density at radius 2 is 1.85 bits per heavy atom. The summed E-state index contributed by atoms with van der Waals surface area (Å²) in [5.74, 6) is -2.52. The van der Waals surface area contributed by atoms with E-state index in [9.17, 15) is 23.1 Å². The highest BCUT2D eigenvalue weighted by Crippen LogP contribution is 2.47. The minimum Gasteiger partial charge on any atom is -0.478 e. The van der Waals surface area contributed by atoms with Crippen molar-refractivity contribution in [1.82, 2.24) is 10.3 Å². The van der Waals surface area contributed by atoms with Gasteiger partial charge in [0.25, 0.3) is 0 Å². The van der Waals surface area contributed by atoms with E-state index in [-0.39, 0.29) is 21.4 Å². The molecular formula is C22H20Cl2F3N3O4. The third-order valence-corrected chi connectivity index (χ3v) is 6.63. The molecule has 4 rings (SSSR count). The molecule has 2 aliphatic rings. The summed E-state index contributed by atoms with van der Waals surface area (Å²) in [4.78, 5) is 11.1. The van der Waals surface area contributed by atoms with E-state index in [0.717, 1.165) is 5.01 Å². The molecule has 3 unspecified atom stereocenters. The molecule has 182 valence electrons. The largest absolute Gasteiger partial charge is 0.478 e. The lowest BCUT2D eigenvalue weighted by atomic mass is 9.96. The van der Waals surface area contributed by atoms with E-state index in [1.165, 1.54) is 37.4 Å². The number of nitrogens with zero attached hydrogens (tertiary/aromatic N) is 2. The molecule has 7 nitrogen and oxygen atoms in total. The Labute approximate surface area is 202 Å². The zero-order chi connectivity index (χ0) is 24.8. The first-order chi connectivity index (χ1) is 15.9. The number of ether oxygens (including phenoxy) is 1. The van der Waals surface area contributed by atoms with Crippen LogP contribution >= 0.6 is 23.2 Å². The highest BCUT2D eigenvalue weighted by atomic mass is 35.5. The third kappa shape index (κ3) is 4.81. The van der Waals surface area contributed by atoms with Gasteiger partial charge in [0.05, 0.1) is 15.6 Å². The number of hydrazone groups is 1. The summed E-state index contributed by atoms with van der Waals surface area (Å²) in [5.41, 5.74) is -1.23. The van der Waals surface area contributed by atoms with Gasteiger partial charge in [-0.2, -0.15) is 18.3 Å². The third-order valence-electron chi connectivity index (χ3n) is 5.89. The predicted octanol–water partition coefficient (Wildman–Crippen LogP) is 4.47. The average Bonchev–Trinajstić information content (AvgIpc) is 3.46. The second-order valence-electron chi connectivity index (χ2n) is 8.22. The van der Waals surface area contributed by atoms with Crippen molar-refractivity contribution in [1.29, 1.82) is 0 Å². The molecule has 2 aromatic carbocycles. The highest BCUT2D eigenvalue weighted by molar-refractivity contribution is 6.42. The van der Waals surface area contributed by atoms with Crippen molar-refractivity contribution in [2.75, 3.05) is 7.05 Å². The first kappa shape index (κ1) is 24.6. The van der Waals surface area contributed by atoms with Crippen molar-refractivity contribution in [3.05, 3.63) is 63.6 Å². The van der Waals surface area contributed by atoms with Crippen molar-refractivity contribution in [3.63, 3.8) is 0 Å². The quantitative estimate of drug-likeness (QED) is 0.469. The molecule has 1 aliphatic carbocycles. The fourth-order valence-electron chi connectivity index (χ4n) is 4.00. The molecule has 1 heterocycles. The molecule has 0 aromatic heterocycles. The Balaban J connectivity index is 1.60. The first-order valence-electron chi connectivity index (χ1n) is 10.2. The maximum atomic E-state index is 13.8. The molecule has 34 heavy (non-hydrogen) atoms. The van der Waals surface area contributed by atoms with Crippen molar-refractivity contribution >= 4 is 34.9 Å². The summed E-state index contributed by atoms with van der Waals surface area (Å²) in [7, 11) is 1.32. The Morgan fingerprint density at radius 1 is 1.21 bits per heavy atom. The van der Waals surface area contributed by atoms with Gasteiger partial charge in [0.2, 0.25) is 0 Å². The minimum absolute atomic E-state index is 0.0825. The Hall–Kier alpha value is -2.53. The van der Waals surface area contributed by atoms with Crippen molar-refractivity contribution in [2.45, 2.75) is 37.0 Å². The van der Waals surface area contributed by atoms with Crippen LogP contribution in [0.25, 0.3) is 0 Å². The number of benzene rings is 2. The van der Waals surface area contributed by atoms with Gasteiger partial charge in [0.15, 0.2) is 11.9 Å². The number of carbonyl (C=O) groups is 1. The van der Waals surface area contributed by atoms with Gasteiger partial charge in [0.1, 0.15) is 17.9 Å². The van der Waals surface area contributed by atoms with Gasteiger partial charge in [-0.25, -0.2) is 4.79 Å². The van der Waals surface area contributed by atoms with Gasteiger partial charge in [0, 0.05) is 18.7 Å². The average molecular weight is 518 g/mol. The highest BCUT2D eigenvalue weighted by Gasteiger charge is 2.56. The number of carboxylic acid groups (broad SMARTS) is 1. The van der Waals surface area contributed by atoms with Gasteiger partial charge in [-0.15, -0.1) is 0 Å². The van der Waals surface area contributed by atoms with Crippen LogP contribution in [0.15, 0.2) is 47.6 Å². The number of rotatable bonds is 7. The Morgan fingerprint density at radius 3 is 2.38 bits per heavy atom. The van der Waals surface area contributed by atoms with E-state index < -0.39 is 41.8 Å². The van der Waals surface area contributed by atoms with E-state index in [0.29, 0.717) is 18.4 Å². The number of hydrogen-bond acceptors (Lipinski definition) is 6. The second-order valence-corrected chi connectivity index (χ2v) is 9.03. The first-order valence-corrected chi connectivity index (χ1v) is 11.0. The lowest BCUT2D eigenvalue weighted by Gasteiger charge is -2.32. The molecular weight excluding hydrogens is 498 g/mol. The number of carboxylic acids is 1. The van der Waals surface area contributed by atoms with E-state index in [1.807, 2.05) is 0 Å². The molecule has 1 saturated carbocycles. The number of aliphatic hydroxyl groups excluding tert-OH is 1. The van der Waals surface area contributed by atoms with Crippen LogP contribution in [0.2, 0.25) is 10.0 Å². The van der Waals surface area contributed by atoms with Crippen LogP contribution in [0.1, 0.15) is 28.8 Å². The fraction of sp³-hybridized carbons (Fsp3) is 0.364. The fourth-order valence-corrected chi connectivity index (χ4v) is 4.29. The molecule has 3 N–H and O–H groups in total. The maximum absolute atomic E-state index is 13.8. The number of halogens is 5. The molecule has 0 spiro atoms. The molecule has 0 amide bonds. The smallest absolute Gasteiger partial charge is 0.431 e. The lowest BCUT2D eigenvalue weighted by Crippen LogP contribution is -2.53. The zero-order valence-corrected chi connectivity index (χ0v) is 19.2. The van der Waals surface area contributed by atoms with E-state index >= 15 is 0 Å². The van der Waals surface area contributed by atoms with E-state index in [1.54, 1.807) is 12.1 Å². The summed E-state index contributed by atoms with van der Waals surface area (Å²) in [6, 6.07) is 10.3. The molecule has 0 radical (unpaired) electrons. The van der Waals surface area contributed by atoms with Crippen LogP contribution in [0.3, 0.4) is 0 Å². The van der Waals surface area contributed by atoms with Crippen LogP contribution < -0.4 is 10.1 Å². The van der Waals surface area contributed by atoms with Gasteiger partial charge < -0.3 is 14.9 Å². The Kier molecular flexibility index (Phi) is 6.45. The number of aliphatic hydroxyl groups is 1. The normalized spacial score (nSPS) is 22.3. The van der Waals surface area contributed by atoms with Crippen molar-refractivity contribution in [2.24, 2.45) is 11.0 Å². The Bertz CT molecular complexity index is 1120. The molecule has 0 saturated heterocycles. The number of alkyl halides is 3. The standard InChI is InChI=1S/C22H20Cl2F3N3O4/c1-30-19(34-13-6-7-14(23)15(24)10-13)16(17(29-30)22(25,26)27)18(31)28-21(8-9-21)12-4-2-11(3-5-12)20(32)33/h2-7,10,16,18-19,28,31H,8-9H2,1H3,(H,32,33). The minimum atomic E-state index is -4.81. The molecule has 12 heteroatoms. The summed E-state index contributed by atoms with van der Waals surface area (Å²) in [6.07, 6.45) is -6.68. The van der Waals surface area contributed by atoms with Crippen LogP contribution in [0.4, 0.5) is 13.2 Å². The monoisotopic (exact) mass is 517 g/mol. The zero-order valence-electron chi connectivity index (χ0n) is 17.7. The maximum Gasteiger partial charge on any atom is 0.431 e. The molecule has 0 bridgehead atoms. The van der Waals surface area contributed by atoms with Crippen LogP contribution in [0.5, 0.6) is 5.75 Å². The summed E-state index contributed by atoms with van der Waals surface area (Å²) in [6.45, 7) is 0. The predicted molar refractivity (Wildman–Crippen MR) is 119 cm³/mol. The SMILES string of the molecule is CN1N=C(C(F)(F)F)C(C(O)NC2(c3ccc(C(=O)O)cc3)CC2)C1Oc1ccc(Cl)c(Cl)c1. The van der Waals surface area contributed by atoms with Crippen LogP contribution in [0, 0.1) is 5.92 Å². The second kappa shape index (κ2) is 8.92. The van der Waals surface area contributed by atoms with Gasteiger partial charge in [-0.1, -0.05) is 35.3 Å². The van der Waals surface area contributed by atoms with Crippen LogP contribution in [-0.2, 0) is 5.54 Å². The summed E-state index contributed by atoms with van der Waals surface area (Å²) >= 11 is 11.9. The van der Waals surface area contributed by atoms with E-state index in [4.69, 9.17) is 33.0 Å². The number of aromatic carboxylic acids is 1. The molecule has 3 atom stereocenters. The van der Waals surface area contributed by atoms with Gasteiger partial charge >= 0.3 is 12.1 Å². The number of hydrogen-bond donors (Lipinski definition) is 3. The summed E-state index contributed by atoms with van der Waals surface area (Å²) in [5, 5.41) is 28.0. The lowest BCUT2D eigenvalue weighted by molar-refractivity contribution is -0.0742. The summed E-state index contributed by atoms with van der Waals surface area (Å²) < 4.78 is 47.2. The number of nitrogens with one attached hydrogen (secondary N) is 1. The molecule has 1 fully saturated rings. The topological polar surface area (TPSA) is 94.4 Å². The van der Waals surface area contributed by atoms with Crippen molar-refractivity contribution in [3.8, 4) is 5.75 Å². The van der Waals surface area contributed by atoms with Gasteiger partial charge in [-0.05, 0) is 42.7 Å². The van der Waals surface area contributed by atoms with Gasteiger partial charge in [-0.3, -0.25) is 10.3 Å². The van der Waals surface area contributed by atoms with Crippen LogP contribution in [-0.4, -0.2) is 52.6 Å².